The van der Waals surface area contributed by atoms with Crippen LogP contribution in [0.25, 0.3) is 0 Å². The zero-order chi connectivity index (χ0) is 29.0. The Labute approximate surface area is 230 Å². The first-order valence-corrected chi connectivity index (χ1v) is 13.1. The molecule has 0 saturated carbocycles. The summed E-state index contributed by atoms with van der Waals surface area (Å²) in [5, 5.41) is 5.30. The smallest absolute Gasteiger partial charge is 0.408 e. The predicted octanol–water partition coefficient (Wildman–Crippen LogP) is 4.84. The van der Waals surface area contributed by atoms with Crippen LogP contribution < -0.4 is 10.6 Å². The van der Waals surface area contributed by atoms with Gasteiger partial charge in [0.15, 0.2) is 0 Å². The summed E-state index contributed by atoms with van der Waals surface area (Å²) in [6.07, 6.45) is -0.755. The van der Waals surface area contributed by atoms with E-state index >= 15 is 0 Å². The fraction of sp³-hybridized carbons (Fsp3) is 0.467. The van der Waals surface area contributed by atoms with E-state index in [4.69, 9.17) is 9.47 Å². The molecule has 3 unspecified atom stereocenters. The van der Waals surface area contributed by atoms with Crippen LogP contribution in [0.1, 0.15) is 66.5 Å². The third kappa shape index (κ3) is 7.16. The largest absolute Gasteiger partial charge is 0.458 e. The van der Waals surface area contributed by atoms with Gasteiger partial charge in [0.25, 0.3) is 5.91 Å². The number of anilines is 1. The lowest BCUT2D eigenvalue weighted by Crippen LogP contribution is -2.63. The van der Waals surface area contributed by atoms with Crippen LogP contribution >= 0.6 is 0 Å². The van der Waals surface area contributed by atoms with E-state index < -0.39 is 53.2 Å². The maximum Gasteiger partial charge on any atom is 0.408 e. The maximum absolute atomic E-state index is 14.1. The van der Waals surface area contributed by atoms with Gasteiger partial charge in [0, 0.05) is 5.69 Å². The quantitative estimate of drug-likeness (QED) is 0.403. The molecule has 9 nitrogen and oxygen atoms in total. The van der Waals surface area contributed by atoms with Gasteiger partial charge in [-0.2, -0.15) is 0 Å². The Bertz CT molecular complexity index is 1190. The van der Waals surface area contributed by atoms with E-state index in [1.54, 1.807) is 71.9 Å². The fourth-order valence-electron chi connectivity index (χ4n) is 4.81. The molecule has 1 saturated heterocycles. The summed E-state index contributed by atoms with van der Waals surface area (Å²) in [5.41, 5.74) is -2.45. The number of nitrogens with one attached hydrogen (secondary N) is 2. The van der Waals surface area contributed by atoms with Gasteiger partial charge in [0.1, 0.15) is 17.7 Å². The van der Waals surface area contributed by atoms with Gasteiger partial charge < -0.3 is 25.0 Å². The molecule has 3 atom stereocenters. The van der Waals surface area contributed by atoms with E-state index in [-0.39, 0.29) is 12.3 Å². The van der Waals surface area contributed by atoms with Gasteiger partial charge in [0.05, 0.1) is 6.04 Å². The van der Waals surface area contributed by atoms with E-state index in [9.17, 15) is 19.2 Å². The normalized spacial score (nSPS) is 21.2. The minimum Gasteiger partial charge on any atom is -0.458 e. The number of carbonyl (C=O) groups excluding carboxylic acids is 4. The lowest BCUT2D eigenvalue weighted by atomic mass is 9.89. The molecule has 1 heterocycles. The molecule has 2 N–H and O–H groups in total. The molecular weight excluding hydrogens is 498 g/mol. The standard InChI is InChI=1S/C30H39N3O6/c1-20-18-30(26(36)38-28(2,3)4,25(35)32-22-16-12-9-13-17-22)33(24(20)21-14-10-8-11-15-21)23(34)19-31-27(37)39-29(5,6)7/h8-17,20,24H,18-19H2,1-7H3,(H,31,37)(H,32,35). The van der Waals surface area contributed by atoms with Crippen LogP contribution in [-0.2, 0) is 23.9 Å². The number of nitrogens with zero attached hydrogens (tertiary/aromatic N) is 1. The van der Waals surface area contributed by atoms with E-state index in [0.29, 0.717) is 5.69 Å². The van der Waals surface area contributed by atoms with Crippen LogP contribution in [0.3, 0.4) is 0 Å². The number of hydrogen-bond donors (Lipinski definition) is 2. The predicted molar refractivity (Wildman–Crippen MR) is 148 cm³/mol. The molecule has 210 valence electrons. The Balaban J connectivity index is 2.10. The maximum atomic E-state index is 14.1. The van der Waals surface area contributed by atoms with Gasteiger partial charge in [-0.15, -0.1) is 0 Å². The van der Waals surface area contributed by atoms with Crippen molar-refractivity contribution >= 4 is 29.6 Å². The Morgan fingerprint density at radius 3 is 1.95 bits per heavy atom. The average molecular weight is 538 g/mol. The van der Waals surface area contributed by atoms with Crippen molar-refractivity contribution in [1.82, 2.24) is 10.2 Å². The first kappa shape index (κ1) is 29.7. The molecule has 0 spiro atoms. The summed E-state index contributed by atoms with van der Waals surface area (Å²) in [6.45, 7) is 11.7. The van der Waals surface area contributed by atoms with Crippen molar-refractivity contribution in [2.75, 3.05) is 11.9 Å². The van der Waals surface area contributed by atoms with Crippen molar-refractivity contribution in [3.05, 3.63) is 66.2 Å². The summed E-state index contributed by atoms with van der Waals surface area (Å²) < 4.78 is 11.1. The van der Waals surface area contributed by atoms with Crippen molar-refractivity contribution < 1.29 is 28.7 Å². The third-order valence-corrected chi connectivity index (χ3v) is 6.18. The van der Waals surface area contributed by atoms with Crippen molar-refractivity contribution in [3.63, 3.8) is 0 Å². The number of likely N-dealkylation sites (tertiary alicyclic amines) is 1. The number of alkyl carbamates (subject to hydrolysis) is 1. The Hall–Kier alpha value is -3.88. The highest BCUT2D eigenvalue weighted by Gasteiger charge is 2.63. The zero-order valence-corrected chi connectivity index (χ0v) is 23.7. The average Bonchev–Trinajstić information content (AvgIpc) is 3.16. The second kappa shape index (κ2) is 11.5. The second-order valence-corrected chi connectivity index (χ2v) is 11.8. The lowest BCUT2D eigenvalue weighted by molar-refractivity contribution is -0.175. The highest BCUT2D eigenvalue weighted by molar-refractivity contribution is 6.15. The molecule has 3 rings (SSSR count). The molecule has 0 aliphatic carbocycles. The highest BCUT2D eigenvalue weighted by atomic mass is 16.6. The molecule has 3 amide bonds. The van der Waals surface area contributed by atoms with Gasteiger partial charge in [0.2, 0.25) is 11.4 Å². The number of hydrogen-bond acceptors (Lipinski definition) is 6. The van der Waals surface area contributed by atoms with Crippen LogP contribution in [0.2, 0.25) is 0 Å². The molecule has 0 aromatic heterocycles. The van der Waals surface area contributed by atoms with Gasteiger partial charge in [-0.1, -0.05) is 55.5 Å². The number of esters is 1. The Morgan fingerprint density at radius 1 is 0.872 bits per heavy atom. The van der Waals surface area contributed by atoms with Crippen LogP contribution in [0.5, 0.6) is 0 Å². The van der Waals surface area contributed by atoms with Crippen LogP contribution in [0.4, 0.5) is 10.5 Å². The van der Waals surface area contributed by atoms with Crippen LogP contribution in [0.15, 0.2) is 60.7 Å². The van der Waals surface area contributed by atoms with Crippen LogP contribution in [-0.4, -0.2) is 52.1 Å². The highest BCUT2D eigenvalue weighted by Crippen LogP contribution is 2.48. The number of rotatable bonds is 6. The van der Waals surface area contributed by atoms with Crippen molar-refractivity contribution in [3.8, 4) is 0 Å². The van der Waals surface area contributed by atoms with Crippen molar-refractivity contribution in [2.24, 2.45) is 5.92 Å². The monoisotopic (exact) mass is 537 g/mol. The summed E-state index contributed by atoms with van der Waals surface area (Å²) in [6, 6.07) is 17.3. The summed E-state index contributed by atoms with van der Waals surface area (Å²) >= 11 is 0. The van der Waals surface area contributed by atoms with Crippen molar-refractivity contribution in [2.45, 2.75) is 77.7 Å². The summed E-state index contributed by atoms with van der Waals surface area (Å²) in [4.78, 5) is 55.7. The second-order valence-electron chi connectivity index (χ2n) is 11.8. The van der Waals surface area contributed by atoms with E-state index in [1.165, 1.54) is 4.90 Å². The molecule has 2 aromatic carbocycles. The number of amides is 3. The number of benzene rings is 2. The summed E-state index contributed by atoms with van der Waals surface area (Å²) in [5.74, 6) is -2.43. The third-order valence-electron chi connectivity index (χ3n) is 6.18. The Morgan fingerprint density at radius 2 is 1.41 bits per heavy atom. The van der Waals surface area contributed by atoms with Crippen LogP contribution in [0, 0.1) is 5.92 Å². The topological polar surface area (TPSA) is 114 Å². The van der Waals surface area contributed by atoms with E-state index in [1.807, 2.05) is 37.3 Å². The first-order valence-electron chi connectivity index (χ1n) is 13.1. The summed E-state index contributed by atoms with van der Waals surface area (Å²) in [7, 11) is 0. The lowest BCUT2D eigenvalue weighted by Gasteiger charge is -2.39. The number of carbonyl (C=O) groups is 4. The molecule has 1 fully saturated rings. The number of ether oxygens (including phenoxy) is 2. The van der Waals surface area contributed by atoms with E-state index in [0.717, 1.165) is 5.56 Å². The van der Waals surface area contributed by atoms with Crippen molar-refractivity contribution in [1.29, 1.82) is 0 Å². The molecule has 0 radical (unpaired) electrons. The molecule has 1 aliphatic rings. The van der Waals surface area contributed by atoms with Gasteiger partial charge in [-0.25, -0.2) is 9.59 Å². The molecule has 1 aliphatic heterocycles. The van der Waals surface area contributed by atoms with Gasteiger partial charge in [-0.05, 0) is 71.6 Å². The number of para-hydroxylation sites is 1. The minimum atomic E-state index is -1.99. The van der Waals surface area contributed by atoms with Gasteiger partial charge >= 0.3 is 12.1 Å². The molecule has 39 heavy (non-hydrogen) atoms. The van der Waals surface area contributed by atoms with Gasteiger partial charge in [-0.3, -0.25) is 9.59 Å². The molecule has 0 bridgehead atoms. The van der Waals surface area contributed by atoms with E-state index in [2.05, 4.69) is 10.6 Å². The zero-order valence-electron chi connectivity index (χ0n) is 23.7. The minimum absolute atomic E-state index is 0.0261. The molecule has 9 heteroatoms. The molecule has 2 aromatic rings. The fourth-order valence-corrected chi connectivity index (χ4v) is 4.81. The Kier molecular flexibility index (Phi) is 8.73. The molecular formula is C30H39N3O6. The first-order chi connectivity index (χ1) is 18.1. The SMILES string of the molecule is CC1CC(C(=O)Nc2ccccc2)(C(=O)OC(C)(C)C)N(C(=O)CNC(=O)OC(C)(C)C)C1c1ccccc1.